The molecule has 0 spiro atoms. The minimum absolute atomic E-state index is 0.0176. The summed E-state index contributed by atoms with van der Waals surface area (Å²) in [7, 11) is 0. The van der Waals surface area contributed by atoms with Gasteiger partial charge in [-0.15, -0.1) is 0 Å². The number of hydrogen-bond donors (Lipinski definition) is 0. The van der Waals surface area contributed by atoms with Gasteiger partial charge in [-0.05, 0) is 5.41 Å². The molecule has 0 rings (SSSR count). The molecule has 0 saturated heterocycles. The fourth-order valence-corrected chi connectivity index (χ4v) is 2.34. The number of carbonyl (C=O) groups is 4. The van der Waals surface area contributed by atoms with Crippen LogP contribution in [0.4, 0.5) is 0 Å². The summed E-state index contributed by atoms with van der Waals surface area (Å²) in [6, 6.07) is 0. The average Bonchev–Trinajstić information content (AvgIpc) is 2.86. The molecule has 0 aliphatic rings. The molecule has 11 nitrogen and oxygen atoms in total. The van der Waals surface area contributed by atoms with Crippen LogP contribution >= 0.6 is 0 Å². The summed E-state index contributed by atoms with van der Waals surface area (Å²) in [5.41, 5.74) is -0.106. The van der Waals surface area contributed by atoms with Gasteiger partial charge in [-0.2, -0.15) is 0 Å². The molecule has 0 aliphatic carbocycles. The second-order valence-electron chi connectivity index (χ2n) is 8.76. The van der Waals surface area contributed by atoms with Gasteiger partial charge in [0.05, 0.1) is 33.0 Å². The second kappa shape index (κ2) is 18.9. The molecule has 37 heavy (non-hydrogen) atoms. The molecule has 0 saturated carbocycles. The molecule has 3 unspecified atom stereocenters. The van der Waals surface area contributed by atoms with Gasteiger partial charge in [0, 0.05) is 24.3 Å². The van der Waals surface area contributed by atoms with Crippen LogP contribution in [-0.2, 0) is 52.3 Å². The van der Waals surface area contributed by atoms with E-state index in [1.807, 2.05) is 20.8 Å². The van der Waals surface area contributed by atoms with Crippen LogP contribution in [0.1, 0.15) is 20.8 Å². The third-order valence-corrected chi connectivity index (χ3v) is 4.02. The highest BCUT2D eigenvalue weighted by Crippen LogP contribution is 2.13. The van der Waals surface area contributed by atoms with E-state index in [-0.39, 0.29) is 45.1 Å². The monoisotopic (exact) mass is 526 g/mol. The maximum absolute atomic E-state index is 11.7. The van der Waals surface area contributed by atoms with Gasteiger partial charge in [0.25, 0.3) is 0 Å². The van der Waals surface area contributed by atoms with Crippen LogP contribution in [0.15, 0.2) is 50.6 Å². The predicted molar refractivity (Wildman–Crippen MR) is 133 cm³/mol. The Bertz CT molecular complexity index is 782. The van der Waals surface area contributed by atoms with E-state index in [2.05, 4.69) is 26.3 Å². The van der Waals surface area contributed by atoms with Crippen LogP contribution in [-0.4, -0.2) is 88.4 Å². The topological polar surface area (TPSA) is 133 Å². The van der Waals surface area contributed by atoms with Crippen molar-refractivity contribution in [1.29, 1.82) is 0 Å². The maximum Gasteiger partial charge on any atom is 0.330 e. The minimum atomic E-state index is -0.931. The Hall–Kier alpha value is -3.28. The van der Waals surface area contributed by atoms with E-state index >= 15 is 0 Å². The zero-order chi connectivity index (χ0) is 28.3. The first kappa shape index (κ1) is 33.7. The smallest absolute Gasteiger partial charge is 0.330 e. The van der Waals surface area contributed by atoms with E-state index in [0.29, 0.717) is 6.61 Å². The summed E-state index contributed by atoms with van der Waals surface area (Å²) < 4.78 is 37.4. The highest BCUT2D eigenvalue weighted by molar-refractivity contribution is 5.82. The van der Waals surface area contributed by atoms with Crippen LogP contribution in [0.2, 0.25) is 0 Å². The first-order valence-corrected chi connectivity index (χ1v) is 11.5. The van der Waals surface area contributed by atoms with E-state index in [9.17, 15) is 19.2 Å². The summed E-state index contributed by atoms with van der Waals surface area (Å²) in [4.78, 5) is 46.0. The Morgan fingerprint density at radius 3 is 1.43 bits per heavy atom. The molecule has 0 radical (unpaired) electrons. The third kappa shape index (κ3) is 18.6. The second-order valence-corrected chi connectivity index (χ2v) is 8.76. The average molecular weight is 527 g/mol. The summed E-state index contributed by atoms with van der Waals surface area (Å²) >= 11 is 0. The number of carbonyl (C=O) groups excluding carboxylic acids is 4. The zero-order valence-corrected chi connectivity index (χ0v) is 21.8. The largest absolute Gasteiger partial charge is 0.458 e. The molecule has 0 amide bonds. The van der Waals surface area contributed by atoms with Gasteiger partial charge in [0.2, 0.25) is 0 Å². The van der Waals surface area contributed by atoms with Gasteiger partial charge in [-0.25, -0.2) is 19.2 Å². The van der Waals surface area contributed by atoms with E-state index in [4.69, 9.17) is 33.2 Å². The molecular formula is C26H38O11. The van der Waals surface area contributed by atoms with Gasteiger partial charge >= 0.3 is 23.9 Å². The predicted octanol–water partition coefficient (Wildman–Crippen LogP) is 2.10. The van der Waals surface area contributed by atoms with E-state index in [1.165, 1.54) is 0 Å². The standard InChI is InChI=1S/C26H38O11/c1-8-22(27)34-16-20(36-24(29)10-3)14-31-12-19(13-32-18-26(5,6)7)33-15-21(37-25(30)11-4)17-35-23(28)9-2/h8-11,19-21H,1-4,12-18H2,5-7H3. The van der Waals surface area contributed by atoms with Gasteiger partial charge in [-0.3, -0.25) is 0 Å². The number of rotatable bonds is 20. The lowest BCUT2D eigenvalue weighted by molar-refractivity contribution is -0.163. The third-order valence-electron chi connectivity index (χ3n) is 4.02. The lowest BCUT2D eigenvalue weighted by Crippen LogP contribution is -2.36. The van der Waals surface area contributed by atoms with Gasteiger partial charge < -0.3 is 33.2 Å². The summed E-state index contributed by atoms with van der Waals surface area (Å²) in [6.45, 7) is 19.0. The van der Waals surface area contributed by atoms with Crippen LogP contribution in [0.25, 0.3) is 0 Å². The molecular weight excluding hydrogens is 488 g/mol. The van der Waals surface area contributed by atoms with E-state index in [1.54, 1.807) is 0 Å². The normalized spacial score (nSPS) is 13.3. The van der Waals surface area contributed by atoms with Crippen molar-refractivity contribution in [2.75, 3.05) is 46.2 Å². The van der Waals surface area contributed by atoms with Crippen LogP contribution in [0.5, 0.6) is 0 Å². The van der Waals surface area contributed by atoms with Crippen molar-refractivity contribution in [2.24, 2.45) is 5.41 Å². The molecule has 0 aromatic carbocycles. The van der Waals surface area contributed by atoms with E-state index < -0.39 is 42.2 Å². The lowest BCUT2D eigenvalue weighted by Gasteiger charge is -2.25. The molecule has 208 valence electrons. The Balaban J connectivity index is 5.18. The number of ether oxygens (including phenoxy) is 7. The van der Waals surface area contributed by atoms with Crippen molar-refractivity contribution >= 4 is 23.9 Å². The van der Waals surface area contributed by atoms with E-state index in [0.717, 1.165) is 24.3 Å². The maximum atomic E-state index is 11.7. The zero-order valence-electron chi connectivity index (χ0n) is 21.8. The quantitative estimate of drug-likeness (QED) is 0.131. The molecule has 0 aromatic heterocycles. The summed E-state index contributed by atoms with van der Waals surface area (Å²) in [5, 5.41) is 0. The first-order chi connectivity index (χ1) is 17.4. The molecule has 0 fully saturated rings. The van der Waals surface area contributed by atoms with Crippen LogP contribution in [0.3, 0.4) is 0 Å². The lowest BCUT2D eigenvalue weighted by atomic mass is 9.99. The van der Waals surface area contributed by atoms with Gasteiger partial charge in [0.1, 0.15) is 19.3 Å². The number of hydrogen-bond acceptors (Lipinski definition) is 11. The molecule has 0 N–H and O–H groups in total. The molecule has 11 heteroatoms. The molecule has 0 bridgehead atoms. The first-order valence-electron chi connectivity index (χ1n) is 11.5. The van der Waals surface area contributed by atoms with Crippen molar-refractivity contribution in [3.05, 3.63) is 50.6 Å². The van der Waals surface area contributed by atoms with Crippen molar-refractivity contribution in [3.8, 4) is 0 Å². The van der Waals surface area contributed by atoms with Gasteiger partial charge in [-0.1, -0.05) is 47.1 Å². The molecule has 0 aliphatic heterocycles. The Morgan fingerprint density at radius 1 is 0.595 bits per heavy atom. The summed E-state index contributed by atoms with van der Waals surface area (Å²) in [5.74, 6) is -2.81. The molecule has 0 aromatic rings. The fraction of sp³-hybridized carbons (Fsp3) is 0.538. The van der Waals surface area contributed by atoms with Crippen molar-refractivity contribution < 1.29 is 52.3 Å². The Kier molecular flexibility index (Phi) is 17.2. The van der Waals surface area contributed by atoms with Gasteiger partial charge in [0.15, 0.2) is 12.2 Å². The fourth-order valence-electron chi connectivity index (χ4n) is 2.34. The van der Waals surface area contributed by atoms with Crippen molar-refractivity contribution in [1.82, 2.24) is 0 Å². The van der Waals surface area contributed by atoms with Crippen molar-refractivity contribution in [2.45, 2.75) is 39.1 Å². The SMILES string of the molecule is C=CC(=O)OCC(COCC(COCC(C)(C)C)OCC(COC(=O)C=C)OC(=O)C=C)OC(=O)C=C. The van der Waals surface area contributed by atoms with Crippen molar-refractivity contribution in [3.63, 3.8) is 0 Å². The molecule has 0 heterocycles. The highest BCUT2D eigenvalue weighted by Gasteiger charge is 2.22. The molecule has 3 atom stereocenters. The van der Waals surface area contributed by atoms with Crippen LogP contribution < -0.4 is 0 Å². The Labute approximate surface area is 218 Å². The Morgan fingerprint density at radius 2 is 1.00 bits per heavy atom. The minimum Gasteiger partial charge on any atom is -0.458 e. The number of esters is 4. The van der Waals surface area contributed by atoms with Crippen LogP contribution in [0, 0.1) is 5.41 Å². The summed E-state index contributed by atoms with van der Waals surface area (Å²) in [6.07, 6.45) is 1.41. The highest BCUT2D eigenvalue weighted by atomic mass is 16.6.